The van der Waals surface area contributed by atoms with Crippen LogP contribution in [0.1, 0.15) is 34.8 Å². The van der Waals surface area contributed by atoms with Crippen LogP contribution in [0.5, 0.6) is 0 Å². The fourth-order valence-corrected chi connectivity index (χ4v) is 2.30. The van der Waals surface area contributed by atoms with E-state index in [1.54, 1.807) is 0 Å². The van der Waals surface area contributed by atoms with Gasteiger partial charge in [-0.1, -0.05) is 17.3 Å². The molecule has 1 unspecified atom stereocenters. The first-order chi connectivity index (χ1) is 13.1. The topological polar surface area (TPSA) is 65.2 Å². The minimum absolute atomic E-state index is 0.0514. The van der Waals surface area contributed by atoms with E-state index >= 15 is 0 Å². The molecule has 28 heavy (non-hydrogen) atoms. The highest BCUT2D eigenvalue weighted by Gasteiger charge is 2.31. The first-order valence-electron chi connectivity index (χ1n) is 7.82. The maximum Gasteiger partial charge on any atom is 0.416 e. The molecule has 0 saturated carbocycles. The van der Waals surface area contributed by atoms with Crippen molar-refractivity contribution < 1.29 is 36.0 Å². The second kappa shape index (κ2) is 7.37. The fourth-order valence-electron chi connectivity index (χ4n) is 2.30. The lowest BCUT2D eigenvalue weighted by atomic mass is 10.1. The first kappa shape index (κ1) is 19.5. The van der Waals surface area contributed by atoms with E-state index in [1.165, 1.54) is 19.1 Å². The van der Waals surface area contributed by atoms with E-state index < -0.39 is 35.4 Å². The van der Waals surface area contributed by atoms with Gasteiger partial charge in [-0.15, -0.1) is 0 Å². The number of nitrogens with zero attached hydrogens (tertiary/aromatic N) is 2. The molecule has 1 atom stereocenters. The first-order valence-corrected chi connectivity index (χ1v) is 7.82. The van der Waals surface area contributed by atoms with Crippen molar-refractivity contribution in [3.63, 3.8) is 0 Å². The number of rotatable bonds is 4. The van der Waals surface area contributed by atoms with E-state index in [0.717, 1.165) is 24.3 Å². The summed E-state index contributed by atoms with van der Waals surface area (Å²) < 4.78 is 74.7. The van der Waals surface area contributed by atoms with Gasteiger partial charge in [-0.05, 0) is 31.2 Å². The van der Waals surface area contributed by atoms with E-state index in [9.17, 15) is 26.7 Å². The molecule has 0 amide bonds. The van der Waals surface area contributed by atoms with Gasteiger partial charge in [0.05, 0.1) is 11.1 Å². The number of carbonyl (C=O) groups is 1. The highest BCUT2D eigenvalue weighted by molar-refractivity contribution is 5.89. The molecule has 0 fully saturated rings. The van der Waals surface area contributed by atoms with Gasteiger partial charge in [-0.25, -0.2) is 13.6 Å². The van der Waals surface area contributed by atoms with Crippen molar-refractivity contribution >= 4 is 5.97 Å². The fraction of sp³-hybridized carbons (Fsp3) is 0.167. The summed E-state index contributed by atoms with van der Waals surface area (Å²) in [5.74, 6) is -3.28. The molecule has 146 valence electrons. The largest absolute Gasteiger partial charge is 0.449 e. The van der Waals surface area contributed by atoms with Crippen molar-refractivity contribution in [2.45, 2.75) is 19.2 Å². The van der Waals surface area contributed by atoms with Crippen LogP contribution in [0.2, 0.25) is 0 Å². The van der Waals surface area contributed by atoms with Gasteiger partial charge >= 0.3 is 12.1 Å². The molecule has 1 heterocycles. The molecule has 0 saturated heterocycles. The molecule has 2 aromatic carbocycles. The Kier molecular flexibility index (Phi) is 5.12. The monoisotopic (exact) mass is 398 g/mol. The van der Waals surface area contributed by atoms with E-state index in [4.69, 9.17) is 9.26 Å². The normalized spacial score (nSPS) is 12.6. The van der Waals surface area contributed by atoms with Gasteiger partial charge in [0.25, 0.3) is 5.89 Å². The lowest BCUT2D eigenvalue weighted by molar-refractivity contribution is -0.137. The maximum atomic E-state index is 13.2. The lowest BCUT2D eigenvalue weighted by Gasteiger charge is -2.09. The zero-order chi connectivity index (χ0) is 20.5. The van der Waals surface area contributed by atoms with Gasteiger partial charge in [0.15, 0.2) is 6.10 Å². The summed E-state index contributed by atoms with van der Waals surface area (Å²) in [4.78, 5) is 15.9. The third kappa shape index (κ3) is 4.33. The quantitative estimate of drug-likeness (QED) is 0.460. The van der Waals surface area contributed by atoms with Gasteiger partial charge in [-0.3, -0.25) is 0 Å². The zero-order valence-electron chi connectivity index (χ0n) is 14.1. The number of hydrogen-bond acceptors (Lipinski definition) is 5. The number of alkyl halides is 3. The van der Waals surface area contributed by atoms with Crippen LogP contribution in [0.15, 0.2) is 47.0 Å². The van der Waals surface area contributed by atoms with E-state index in [1.807, 2.05) is 0 Å². The summed E-state index contributed by atoms with van der Waals surface area (Å²) >= 11 is 0. The van der Waals surface area contributed by atoms with Crippen LogP contribution in [0.25, 0.3) is 11.4 Å². The maximum absolute atomic E-state index is 13.2. The van der Waals surface area contributed by atoms with Crippen molar-refractivity contribution in [1.29, 1.82) is 0 Å². The SMILES string of the molecule is CC(OC(=O)c1cc(F)cc(F)c1)c1nc(-c2cccc(C(F)(F)F)c2)no1. The molecule has 0 aliphatic heterocycles. The molecular formula is C18H11F5N2O3. The summed E-state index contributed by atoms with van der Waals surface area (Å²) in [6.45, 7) is 1.36. The number of benzene rings is 2. The Labute approximate surface area is 154 Å². The molecule has 10 heteroatoms. The van der Waals surface area contributed by atoms with Crippen molar-refractivity contribution in [2.24, 2.45) is 0 Å². The predicted molar refractivity (Wildman–Crippen MR) is 84.9 cm³/mol. The van der Waals surface area contributed by atoms with Crippen molar-refractivity contribution in [1.82, 2.24) is 10.1 Å². The van der Waals surface area contributed by atoms with Gasteiger partial charge in [0.1, 0.15) is 11.6 Å². The number of aromatic nitrogens is 2. The van der Waals surface area contributed by atoms with E-state index in [2.05, 4.69) is 10.1 Å². The third-order valence-electron chi connectivity index (χ3n) is 3.62. The Morgan fingerprint density at radius 2 is 1.79 bits per heavy atom. The summed E-state index contributed by atoms with van der Waals surface area (Å²) in [6.07, 6.45) is -5.64. The van der Waals surface area contributed by atoms with Crippen molar-refractivity contribution in [2.75, 3.05) is 0 Å². The summed E-state index contributed by atoms with van der Waals surface area (Å²) in [5.41, 5.74) is -1.19. The molecule has 3 aromatic rings. The molecule has 0 bridgehead atoms. The van der Waals surface area contributed by atoms with Gasteiger partial charge in [0, 0.05) is 11.6 Å². The van der Waals surface area contributed by atoms with Crippen LogP contribution < -0.4 is 0 Å². The average Bonchev–Trinajstić information content (AvgIpc) is 3.10. The van der Waals surface area contributed by atoms with Crippen LogP contribution >= 0.6 is 0 Å². The number of hydrogen-bond donors (Lipinski definition) is 0. The van der Waals surface area contributed by atoms with Gasteiger partial charge in [0.2, 0.25) is 5.82 Å². The predicted octanol–water partition coefficient (Wildman–Crippen LogP) is 4.95. The highest BCUT2D eigenvalue weighted by atomic mass is 19.4. The minimum atomic E-state index is -4.54. The Morgan fingerprint density at radius 1 is 1.11 bits per heavy atom. The summed E-state index contributed by atoms with van der Waals surface area (Å²) in [5, 5.41) is 3.57. The molecule has 0 aliphatic rings. The van der Waals surface area contributed by atoms with Gasteiger partial charge in [-0.2, -0.15) is 18.2 Å². The molecule has 3 rings (SSSR count). The van der Waals surface area contributed by atoms with E-state index in [0.29, 0.717) is 6.07 Å². The molecule has 5 nitrogen and oxygen atoms in total. The average molecular weight is 398 g/mol. The number of halogens is 5. The van der Waals surface area contributed by atoms with Crippen molar-refractivity contribution in [3.8, 4) is 11.4 Å². The molecular weight excluding hydrogens is 387 g/mol. The lowest BCUT2D eigenvalue weighted by Crippen LogP contribution is -2.10. The van der Waals surface area contributed by atoms with Crippen LogP contribution in [0, 0.1) is 11.6 Å². The number of ether oxygens (including phenoxy) is 1. The van der Waals surface area contributed by atoms with E-state index in [-0.39, 0.29) is 22.8 Å². The highest BCUT2D eigenvalue weighted by Crippen LogP contribution is 2.31. The second-order valence-corrected chi connectivity index (χ2v) is 5.74. The minimum Gasteiger partial charge on any atom is -0.449 e. The summed E-state index contributed by atoms with van der Waals surface area (Å²) in [7, 11) is 0. The third-order valence-corrected chi connectivity index (χ3v) is 3.62. The molecule has 0 spiro atoms. The Balaban J connectivity index is 1.77. The second-order valence-electron chi connectivity index (χ2n) is 5.74. The Bertz CT molecular complexity index is 996. The van der Waals surface area contributed by atoms with Gasteiger partial charge < -0.3 is 9.26 Å². The van der Waals surface area contributed by atoms with Crippen LogP contribution in [-0.2, 0) is 10.9 Å². The molecule has 1 aromatic heterocycles. The Morgan fingerprint density at radius 3 is 2.43 bits per heavy atom. The zero-order valence-corrected chi connectivity index (χ0v) is 14.1. The molecule has 0 aliphatic carbocycles. The Hall–Kier alpha value is -3.30. The van der Waals surface area contributed by atoms with Crippen LogP contribution in [-0.4, -0.2) is 16.1 Å². The standard InChI is InChI=1S/C18H11F5N2O3/c1-9(27-17(26)11-6-13(19)8-14(20)7-11)16-24-15(25-28-16)10-3-2-4-12(5-10)18(21,22)23/h2-9H,1H3. The molecule has 0 N–H and O–H groups in total. The number of carbonyl (C=O) groups excluding carboxylic acids is 1. The number of esters is 1. The van der Waals surface area contributed by atoms with Crippen LogP contribution in [0.4, 0.5) is 22.0 Å². The smallest absolute Gasteiger partial charge is 0.416 e. The van der Waals surface area contributed by atoms with Crippen molar-refractivity contribution in [3.05, 3.63) is 71.1 Å². The van der Waals surface area contributed by atoms with Crippen LogP contribution in [0.3, 0.4) is 0 Å². The summed E-state index contributed by atoms with van der Waals surface area (Å²) in [6, 6.07) is 6.47. The molecule has 0 radical (unpaired) electrons.